The van der Waals surface area contributed by atoms with Gasteiger partial charge in [0.15, 0.2) is 0 Å². The molecule has 1 unspecified atom stereocenters. The minimum atomic E-state index is 0.755. The van der Waals surface area contributed by atoms with Gasteiger partial charge in [0.25, 0.3) is 0 Å². The number of rotatable bonds is 7. The van der Waals surface area contributed by atoms with Crippen LogP contribution in [-0.2, 0) is 0 Å². The number of nitrogens with one attached hydrogen (secondary N) is 1. The van der Waals surface area contributed by atoms with Crippen molar-refractivity contribution in [1.82, 2.24) is 10.2 Å². The molecule has 15 heavy (non-hydrogen) atoms. The zero-order valence-corrected chi connectivity index (χ0v) is 11.1. The quantitative estimate of drug-likeness (QED) is 0.675. The Labute approximate surface area is 99.2 Å². The molecule has 3 heteroatoms. The highest BCUT2D eigenvalue weighted by Crippen LogP contribution is 2.09. The molecule has 0 aliphatic carbocycles. The summed E-state index contributed by atoms with van der Waals surface area (Å²) in [5, 5.41) is 3.63. The van der Waals surface area contributed by atoms with Crippen LogP contribution in [0.25, 0.3) is 0 Å². The predicted molar refractivity (Wildman–Crippen MR) is 70.8 cm³/mol. The van der Waals surface area contributed by atoms with Crippen LogP contribution >= 0.6 is 11.8 Å². The SMILES string of the molecule is CCSCCN(CC)CC1CCCCN1. The number of thioether (sulfide) groups is 1. The van der Waals surface area contributed by atoms with Crippen LogP contribution in [0, 0.1) is 0 Å². The van der Waals surface area contributed by atoms with E-state index in [4.69, 9.17) is 0 Å². The first-order valence-electron chi connectivity index (χ1n) is 6.40. The summed E-state index contributed by atoms with van der Waals surface area (Å²) in [6.07, 6.45) is 4.16. The third-order valence-electron chi connectivity index (χ3n) is 3.09. The van der Waals surface area contributed by atoms with Crippen molar-refractivity contribution in [1.29, 1.82) is 0 Å². The smallest absolute Gasteiger partial charge is 0.0195 e. The number of nitrogens with zero attached hydrogens (tertiary/aromatic N) is 1. The molecule has 1 aliphatic rings. The molecule has 1 heterocycles. The molecular weight excluding hydrogens is 204 g/mol. The maximum Gasteiger partial charge on any atom is 0.0195 e. The number of likely N-dealkylation sites (N-methyl/N-ethyl adjacent to an activating group) is 1. The lowest BCUT2D eigenvalue weighted by Crippen LogP contribution is -2.44. The van der Waals surface area contributed by atoms with E-state index in [1.807, 2.05) is 0 Å². The van der Waals surface area contributed by atoms with Crippen LogP contribution in [0.1, 0.15) is 33.1 Å². The van der Waals surface area contributed by atoms with E-state index in [0.29, 0.717) is 0 Å². The second kappa shape index (κ2) is 8.43. The highest BCUT2D eigenvalue weighted by atomic mass is 32.2. The monoisotopic (exact) mass is 230 g/mol. The molecule has 1 atom stereocenters. The van der Waals surface area contributed by atoms with Crippen LogP contribution in [-0.4, -0.2) is 48.6 Å². The van der Waals surface area contributed by atoms with Gasteiger partial charge in [0, 0.05) is 24.9 Å². The fourth-order valence-electron chi connectivity index (χ4n) is 2.11. The number of hydrogen-bond donors (Lipinski definition) is 1. The first-order chi connectivity index (χ1) is 7.36. The summed E-state index contributed by atoms with van der Waals surface area (Å²) >= 11 is 2.05. The molecule has 0 aromatic rings. The van der Waals surface area contributed by atoms with Crippen molar-refractivity contribution in [2.24, 2.45) is 0 Å². The molecule has 0 aromatic carbocycles. The molecule has 1 saturated heterocycles. The third-order valence-corrected chi connectivity index (χ3v) is 3.97. The molecule has 2 nitrogen and oxygen atoms in total. The fourth-order valence-corrected chi connectivity index (χ4v) is 2.78. The molecule has 0 bridgehead atoms. The highest BCUT2D eigenvalue weighted by Gasteiger charge is 2.15. The van der Waals surface area contributed by atoms with E-state index in [1.54, 1.807) is 0 Å². The maximum atomic E-state index is 3.63. The van der Waals surface area contributed by atoms with E-state index in [0.717, 1.165) is 6.04 Å². The lowest BCUT2D eigenvalue weighted by Gasteiger charge is -2.29. The summed E-state index contributed by atoms with van der Waals surface area (Å²) < 4.78 is 0. The zero-order valence-electron chi connectivity index (χ0n) is 10.3. The molecule has 0 aromatic heterocycles. The molecule has 1 N–H and O–H groups in total. The largest absolute Gasteiger partial charge is 0.313 e. The lowest BCUT2D eigenvalue weighted by atomic mass is 10.0. The van der Waals surface area contributed by atoms with Crippen molar-refractivity contribution in [3.05, 3.63) is 0 Å². The van der Waals surface area contributed by atoms with Gasteiger partial charge in [0.2, 0.25) is 0 Å². The van der Waals surface area contributed by atoms with Gasteiger partial charge < -0.3 is 10.2 Å². The van der Waals surface area contributed by atoms with Gasteiger partial charge in [-0.1, -0.05) is 20.3 Å². The predicted octanol–water partition coefficient (Wildman–Crippen LogP) is 2.20. The van der Waals surface area contributed by atoms with Crippen molar-refractivity contribution in [3.8, 4) is 0 Å². The second-order valence-electron chi connectivity index (χ2n) is 4.24. The first-order valence-corrected chi connectivity index (χ1v) is 7.55. The molecular formula is C12H26N2S. The van der Waals surface area contributed by atoms with Crippen LogP contribution in [0.5, 0.6) is 0 Å². The molecule has 0 radical (unpaired) electrons. The van der Waals surface area contributed by atoms with Gasteiger partial charge in [-0.05, 0) is 31.7 Å². The van der Waals surface area contributed by atoms with Gasteiger partial charge in [-0.2, -0.15) is 11.8 Å². The van der Waals surface area contributed by atoms with Crippen molar-refractivity contribution in [2.45, 2.75) is 39.2 Å². The molecule has 1 aliphatic heterocycles. The normalized spacial score (nSPS) is 22.2. The Hall–Kier alpha value is 0.270. The second-order valence-corrected chi connectivity index (χ2v) is 5.63. The Morgan fingerprint density at radius 2 is 2.20 bits per heavy atom. The summed E-state index contributed by atoms with van der Waals surface area (Å²) in [4.78, 5) is 2.59. The van der Waals surface area contributed by atoms with Crippen molar-refractivity contribution in [2.75, 3.05) is 37.7 Å². The zero-order chi connectivity index (χ0) is 10.9. The van der Waals surface area contributed by atoms with Crippen molar-refractivity contribution < 1.29 is 0 Å². The third kappa shape index (κ3) is 5.79. The van der Waals surface area contributed by atoms with Crippen LogP contribution in [0.2, 0.25) is 0 Å². The fraction of sp³-hybridized carbons (Fsp3) is 1.00. The summed E-state index contributed by atoms with van der Waals surface area (Å²) in [5.74, 6) is 2.54. The maximum absolute atomic E-state index is 3.63. The van der Waals surface area contributed by atoms with Crippen LogP contribution in [0.15, 0.2) is 0 Å². The van der Waals surface area contributed by atoms with Crippen LogP contribution in [0.3, 0.4) is 0 Å². The minimum absolute atomic E-state index is 0.755. The van der Waals surface area contributed by atoms with E-state index in [2.05, 4.69) is 35.8 Å². The first kappa shape index (κ1) is 13.3. The summed E-state index contributed by atoms with van der Waals surface area (Å²) in [7, 11) is 0. The minimum Gasteiger partial charge on any atom is -0.313 e. The van der Waals surface area contributed by atoms with E-state index in [1.165, 1.54) is 56.9 Å². The van der Waals surface area contributed by atoms with Gasteiger partial charge >= 0.3 is 0 Å². The van der Waals surface area contributed by atoms with Gasteiger partial charge in [0.1, 0.15) is 0 Å². The Balaban J connectivity index is 2.13. The van der Waals surface area contributed by atoms with E-state index in [-0.39, 0.29) is 0 Å². The van der Waals surface area contributed by atoms with Gasteiger partial charge in [-0.25, -0.2) is 0 Å². The molecule has 0 amide bonds. The Bertz CT molecular complexity index is 147. The van der Waals surface area contributed by atoms with Gasteiger partial charge in [-0.3, -0.25) is 0 Å². The molecule has 0 spiro atoms. The van der Waals surface area contributed by atoms with E-state index in [9.17, 15) is 0 Å². The summed E-state index contributed by atoms with van der Waals surface area (Å²) in [6.45, 7) is 9.45. The highest BCUT2D eigenvalue weighted by molar-refractivity contribution is 7.99. The Kier molecular flexibility index (Phi) is 7.49. The van der Waals surface area contributed by atoms with E-state index < -0.39 is 0 Å². The standard InChI is InChI=1S/C12H26N2S/c1-3-14(9-10-15-4-2)11-12-7-5-6-8-13-12/h12-13H,3-11H2,1-2H3. The topological polar surface area (TPSA) is 15.3 Å². The van der Waals surface area contributed by atoms with Crippen molar-refractivity contribution >= 4 is 11.8 Å². The molecule has 90 valence electrons. The van der Waals surface area contributed by atoms with Gasteiger partial charge in [-0.15, -0.1) is 0 Å². The van der Waals surface area contributed by atoms with Crippen molar-refractivity contribution in [3.63, 3.8) is 0 Å². The lowest BCUT2D eigenvalue weighted by molar-refractivity contribution is 0.244. The molecule has 1 rings (SSSR count). The number of piperidine rings is 1. The number of hydrogen-bond acceptors (Lipinski definition) is 3. The Morgan fingerprint density at radius 1 is 1.33 bits per heavy atom. The summed E-state index contributed by atoms with van der Waals surface area (Å²) in [5.41, 5.74) is 0. The van der Waals surface area contributed by atoms with Gasteiger partial charge in [0.05, 0.1) is 0 Å². The average molecular weight is 230 g/mol. The molecule has 1 fully saturated rings. The van der Waals surface area contributed by atoms with E-state index >= 15 is 0 Å². The molecule has 0 saturated carbocycles. The van der Waals surface area contributed by atoms with Crippen LogP contribution < -0.4 is 5.32 Å². The average Bonchev–Trinajstić information content (AvgIpc) is 2.29. The Morgan fingerprint density at radius 3 is 2.80 bits per heavy atom. The summed E-state index contributed by atoms with van der Waals surface area (Å²) in [6, 6.07) is 0.755. The van der Waals surface area contributed by atoms with Crippen LogP contribution in [0.4, 0.5) is 0 Å².